The smallest absolute Gasteiger partial charge is 0.0412 e. The summed E-state index contributed by atoms with van der Waals surface area (Å²) in [6, 6.07) is 8.91. The molecule has 1 aromatic rings. The molecule has 1 aliphatic heterocycles. The van der Waals surface area contributed by atoms with E-state index in [1.165, 1.54) is 43.5 Å². The van der Waals surface area contributed by atoms with E-state index in [1.54, 1.807) is 0 Å². The Hall–Kier alpha value is -0.860. The van der Waals surface area contributed by atoms with E-state index in [9.17, 15) is 0 Å². The van der Waals surface area contributed by atoms with Crippen LogP contribution in [0, 0.1) is 0 Å². The summed E-state index contributed by atoms with van der Waals surface area (Å²) in [5, 5.41) is 0. The van der Waals surface area contributed by atoms with Crippen LogP contribution in [0.25, 0.3) is 0 Å². The van der Waals surface area contributed by atoms with E-state index in [0.29, 0.717) is 5.92 Å². The highest BCUT2D eigenvalue weighted by Gasteiger charge is 2.35. The van der Waals surface area contributed by atoms with E-state index in [2.05, 4.69) is 36.2 Å². The number of nitrogens with two attached hydrogens (primary N) is 1. The van der Waals surface area contributed by atoms with Crippen molar-refractivity contribution in [2.75, 3.05) is 20.1 Å². The monoisotopic (exact) mass is 244 g/mol. The lowest BCUT2D eigenvalue weighted by Gasteiger charge is -2.41. The van der Waals surface area contributed by atoms with E-state index in [4.69, 9.17) is 5.73 Å². The molecule has 1 saturated heterocycles. The molecule has 0 atom stereocenters. The molecule has 2 fully saturated rings. The van der Waals surface area contributed by atoms with Gasteiger partial charge < -0.3 is 10.6 Å². The molecule has 3 rings (SSSR count). The summed E-state index contributed by atoms with van der Waals surface area (Å²) in [5.74, 6) is 0.702. The Balaban J connectivity index is 1.91. The number of likely N-dealkylation sites (tertiary alicyclic amines) is 1. The second kappa shape index (κ2) is 4.67. The Bertz CT molecular complexity index is 415. The van der Waals surface area contributed by atoms with Crippen molar-refractivity contribution in [1.29, 1.82) is 0 Å². The zero-order chi connectivity index (χ0) is 12.6. The quantitative estimate of drug-likeness (QED) is 0.867. The second-order valence-electron chi connectivity index (χ2n) is 6.22. The summed E-state index contributed by atoms with van der Waals surface area (Å²) in [7, 11) is 2.19. The molecule has 0 aromatic heterocycles. The molecular formula is C16H24N2. The van der Waals surface area contributed by atoms with Gasteiger partial charge in [0, 0.05) is 24.5 Å². The van der Waals surface area contributed by atoms with Crippen LogP contribution in [0.2, 0.25) is 0 Å². The van der Waals surface area contributed by atoms with Gasteiger partial charge in [-0.15, -0.1) is 0 Å². The third-order valence-corrected chi connectivity index (χ3v) is 4.75. The lowest BCUT2D eigenvalue weighted by Crippen LogP contribution is -2.45. The van der Waals surface area contributed by atoms with E-state index < -0.39 is 0 Å². The Labute approximate surface area is 110 Å². The predicted octanol–water partition coefficient (Wildman–Crippen LogP) is 2.83. The molecule has 1 heterocycles. The minimum atomic E-state index is -0.0526. The highest BCUT2D eigenvalue weighted by Crippen LogP contribution is 2.40. The number of rotatable bonds is 2. The van der Waals surface area contributed by atoms with Crippen molar-refractivity contribution in [1.82, 2.24) is 4.90 Å². The van der Waals surface area contributed by atoms with E-state index in [1.807, 2.05) is 0 Å². The van der Waals surface area contributed by atoms with Gasteiger partial charge in [-0.05, 0) is 31.0 Å². The van der Waals surface area contributed by atoms with Gasteiger partial charge in [0.1, 0.15) is 0 Å². The zero-order valence-corrected chi connectivity index (χ0v) is 11.4. The fourth-order valence-electron chi connectivity index (χ4n) is 3.65. The van der Waals surface area contributed by atoms with E-state index >= 15 is 0 Å². The maximum atomic E-state index is 6.72. The first-order valence-electron chi connectivity index (χ1n) is 7.26. The molecule has 2 heteroatoms. The fraction of sp³-hybridized carbons (Fsp3) is 0.625. The molecule has 2 aliphatic rings. The van der Waals surface area contributed by atoms with Crippen LogP contribution < -0.4 is 5.73 Å². The van der Waals surface area contributed by atoms with Crippen LogP contribution in [0.4, 0.5) is 0 Å². The number of hydrogen-bond donors (Lipinski definition) is 1. The van der Waals surface area contributed by atoms with Gasteiger partial charge >= 0.3 is 0 Å². The number of likely N-dealkylation sites (N-methyl/N-ethyl adjacent to an activating group) is 1. The third-order valence-electron chi connectivity index (χ3n) is 4.75. The van der Waals surface area contributed by atoms with Crippen molar-refractivity contribution in [3.05, 3.63) is 35.4 Å². The zero-order valence-electron chi connectivity index (χ0n) is 11.4. The molecule has 0 unspecified atom stereocenters. The van der Waals surface area contributed by atoms with Crippen LogP contribution in [-0.2, 0) is 5.54 Å². The average molecular weight is 244 g/mol. The van der Waals surface area contributed by atoms with Crippen molar-refractivity contribution in [3.8, 4) is 0 Å². The number of nitrogens with zero attached hydrogens (tertiary/aromatic N) is 1. The summed E-state index contributed by atoms with van der Waals surface area (Å²) < 4.78 is 0. The molecule has 0 bridgehead atoms. The highest BCUT2D eigenvalue weighted by atomic mass is 15.2. The average Bonchev–Trinajstić information content (AvgIpc) is 2.36. The second-order valence-corrected chi connectivity index (χ2v) is 6.22. The molecule has 0 radical (unpaired) electrons. The van der Waals surface area contributed by atoms with Crippen molar-refractivity contribution < 1.29 is 0 Å². The molecule has 0 spiro atoms. The molecule has 18 heavy (non-hydrogen) atoms. The van der Waals surface area contributed by atoms with Gasteiger partial charge in [-0.1, -0.05) is 43.5 Å². The summed E-state index contributed by atoms with van der Waals surface area (Å²) in [6.07, 6.45) is 6.25. The van der Waals surface area contributed by atoms with Crippen LogP contribution in [0.5, 0.6) is 0 Å². The largest absolute Gasteiger partial charge is 0.321 e. The van der Waals surface area contributed by atoms with Gasteiger partial charge in [0.2, 0.25) is 0 Å². The van der Waals surface area contributed by atoms with Gasteiger partial charge in [-0.3, -0.25) is 0 Å². The molecule has 1 aliphatic carbocycles. The predicted molar refractivity (Wildman–Crippen MR) is 75.6 cm³/mol. The SMILES string of the molecule is CN1CC(c2ccccc2C2(N)CCCCC2)C1. The molecule has 1 saturated carbocycles. The van der Waals surface area contributed by atoms with E-state index in [0.717, 1.165) is 12.8 Å². The van der Waals surface area contributed by atoms with Gasteiger partial charge in [0.05, 0.1) is 0 Å². The van der Waals surface area contributed by atoms with E-state index in [-0.39, 0.29) is 5.54 Å². The standard InChI is InChI=1S/C16H24N2/c1-18-11-13(12-18)14-7-3-4-8-15(14)16(17)9-5-2-6-10-16/h3-4,7-8,13H,2,5-6,9-12,17H2,1H3. The van der Waals surface area contributed by atoms with Crippen LogP contribution in [0.3, 0.4) is 0 Å². The van der Waals surface area contributed by atoms with Crippen molar-refractivity contribution >= 4 is 0 Å². The molecule has 98 valence electrons. The number of hydrogen-bond acceptors (Lipinski definition) is 2. The molecule has 1 aromatic carbocycles. The van der Waals surface area contributed by atoms with Crippen LogP contribution in [0.15, 0.2) is 24.3 Å². The normalized spacial score (nSPS) is 24.8. The van der Waals surface area contributed by atoms with Crippen molar-refractivity contribution in [2.24, 2.45) is 5.73 Å². The van der Waals surface area contributed by atoms with Crippen LogP contribution >= 0.6 is 0 Å². The summed E-state index contributed by atoms with van der Waals surface area (Å²) in [5.41, 5.74) is 9.61. The first-order chi connectivity index (χ1) is 8.69. The summed E-state index contributed by atoms with van der Waals surface area (Å²) >= 11 is 0. The minimum absolute atomic E-state index is 0.0526. The minimum Gasteiger partial charge on any atom is -0.321 e. The number of benzene rings is 1. The van der Waals surface area contributed by atoms with Crippen molar-refractivity contribution in [2.45, 2.75) is 43.6 Å². The van der Waals surface area contributed by atoms with Gasteiger partial charge in [-0.25, -0.2) is 0 Å². The summed E-state index contributed by atoms with van der Waals surface area (Å²) in [4.78, 5) is 2.38. The first-order valence-corrected chi connectivity index (χ1v) is 7.26. The topological polar surface area (TPSA) is 29.3 Å². The molecule has 2 N–H and O–H groups in total. The Morgan fingerprint density at radius 3 is 2.44 bits per heavy atom. The third kappa shape index (κ3) is 2.08. The van der Waals surface area contributed by atoms with Gasteiger partial charge in [0.25, 0.3) is 0 Å². The molecule has 0 amide bonds. The first kappa shape index (κ1) is 12.2. The van der Waals surface area contributed by atoms with Crippen LogP contribution in [-0.4, -0.2) is 25.0 Å². The maximum Gasteiger partial charge on any atom is 0.0412 e. The highest BCUT2D eigenvalue weighted by molar-refractivity contribution is 5.38. The Morgan fingerprint density at radius 1 is 1.11 bits per heavy atom. The molecule has 2 nitrogen and oxygen atoms in total. The van der Waals surface area contributed by atoms with Gasteiger partial charge in [0.15, 0.2) is 0 Å². The lowest BCUT2D eigenvalue weighted by atomic mass is 9.73. The Kier molecular flexibility index (Phi) is 3.16. The fourth-order valence-corrected chi connectivity index (χ4v) is 3.65. The van der Waals surface area contributed by atoms with Crippen LogP contribution in [0.1, 0.15) is 49.1 Å². The lowest BCUT2D eigenvalue weighted by molar-refractivity contribution is 0.186. The molecular weight excluding hydrogens is 220 g/mol. The van der Waals surface area contributed by atoms with Crippen molar-refractivity contribution in [3.63, 3.8) is 0 Å². The van der Waals surface area contributed by atoms with Gasteiger partial charge in [-0.2, -0.15) is 0 Å². The maximum absolute atomic E-state index is 6.72. The Morgan fingerprint density at radius 2 is 1.78 bits per heavy atom. The summed E-state index contributed by atoms with van der Waals surface area (Å²) in [6.45, 7) is 2.38.